The standard InChI is InChI=1S/C14H27N3/c1-2-11-7-9-13(10-8-11)17-14(15)16-12-5-3-4-6-12/h11-13H,2-10H2,1H3,(H3,15,16,17). The smallest absolute Gasteiger partial charge is 0.189 e. The van der Waals surface area contributed by atoms with Crippen LogP contribution in [0.25, 0.3) is 0 Å². The summed E-state index contributed by atoms with van der Waals surface area (Å²) in [5, 5.41) is 3.38. The predicted octanol–water partition coefficient (Wildman–Crippen LogP) is 2.80. The Morgan fingerprint density at radius 2 is 1.76 bits per heavy atom. The van der Waals surface area contributed by atoms with Gasteiger partial charge in [0.15, 0.2) is 5.96 Å². The second-order valence-electron chi connectivity index (χ2n) is 5.72. The van der Waals surface area contributed by atoms with E-state index >= 15 is 0 Å². The summed E-state index contributed by atoms with van der Waals surface area (Å²) in [6, 6.07) is 1.07. The second kappa shape index (κ2) is 6.27. The highest BCUT2D eigenvalue weighted by Crippen LogP contribution is 2.28. The zero-order chi connectivity index (χ0) is 12.1. The molecular weight excluding hydrogens is 210 g/mol. The van der Waals surface area contributed by atoms with Gasteiger partial charge in [0, 0.05) is 6.04 Å². The number of rotatable bonds is 3. The first-order chi connectivity index (χ1) is 8.28. The molecule has 0 aromatic rings. The van der Waals surface area contributed by atoms with E-state index in [1.807, 2.05) is 0 Å². The molecule has 2 aliphatic carbocycles. The van der Waals surface area contributed by atoms with Crippen molar-refractivity contribution in [2.75, 3.05) is 0 Å². The summed E-state index contributed by atoms with van der Waals surface area (Å²) in [6.07, 6.45) is 11.7. The van der Waals surface area contributed by atoms with Gasteiger partial charge in [0.25, 0.3) is 0 Å². The Morgan fingerprint density at radius 3 is 2.35 bits per heavy atom. The summed E-state index contributed by atoms with van der Waals surface area (Å²) in [6.45, 7) is 2.30. The molecular formula is C14H27N3. The molecule has 0 atom stereocenters. The van der Waals surface area contributed by atoms with Gasteiger partial charge < -0.3 is 11.1 Å². The minimum Gasteiger partial charge on any atom is -0.370 e. The van der Waals surface area contributed by atoms with Gasteiger partial charge in [0.2, 0.25) is 0 Å². The van der Waals surface area contributed by atoms with E-state index in [-0.39, 0.29) is 0 Å². The number of hydrogen-bond donors (Lipinski definition) is 2. The van der Waals surface area contributed by atoms with Crippen LogP contribution in [0.3, 0.4) is 0 Å². The Hall–Kier alpha value is -0.730. The number of aliphatic imine (C=N–C) groups is 1. The molecule has 2 rings (SSSR count). The third-order valence-electron chi connectivity index (χ3n) is 4.42. The van der Waals surface area contributed by atoms with Crippen LogP contribution in [0.4, 0.5) is 0 Å². The van der Waals surface area contributed by atoms with Crippen molar-refractivity contribution < 1.29 is 0 Å². The normalized spacial score (nSPS) is 31.7. The summed E-state index contributed by atoms with van der Waals surface area (Å²) in [7, 11) is 0. The van der Waals surface area contributed by atoms with Gasteiger partial charge >= 0.3 is 0 Å². The highest BCUT2D eigenvalue weighted by Gasteiger charge is 2.20. The molecule has 0 unspecified atom stereocenters. The van der Waals surface area contributed by atoms with Crippen LogP contribution in [0.15, 0.2) is 4.99 Å². The van der Waals surface area contributed by atoms with Gasteiger partial charge in [-0.05, 0) is 44.4 Å². The molecule has 3 nitrogen and oxygen atoms in total. The Kier molecular flexibility index (Phi) is 4.69. The van der Waals surface area contributed by atoms with Crippen molar-refractivity contribution >= 4 is 5.96 Å². The van der Waals surface area contributed by atoms with Crippen molar-refractivity contribution in [3.05, 3.63) is 0 Å². The third kappa shape index (κ3) is 3.90. The van der Waals surface area contributed by atoms with Crippen LogP contribution in [0.2, 0.25) is 0 Å². The van der Waals surface area contributed by atoms with Gasteiger partial charge in [-0.3, -0.25) is 4.99 Å². The van der Waals surface area contributed by atoms with E-state index in [2.05, 4.69) is 17.2 Å². The molecule has 2 saturated carbocycles. The lowest BCUT2D eigenvalue weighted by Gasteiger charge is -2.25. The third-order valence-corrected chi connectivity index (χ3v) is 4.42. The summed E-state index contributed by atoms with van der Waals surface area (Å²) in [5.41, 5.74) is 5.99. The topological polar surface area (TPSA) is 50.4 Å². The monoisotopic (exact) mass is 237 g/mol. The van der Waals surface area contributed by atoms with E-state index < -0.39 is 0 Å². The van der Waals surface area contributed by atoms with Crippen LogP contribution < -0.4 is 11.1 Å². The molecule has 0 heterocycles. The fourth-order valence-electron chi connectivity index (χ4n) is 3.20. The number of nitrogens with zero attached hydrogens (tertiary/aromatic N) is 1. The molecule has 0 bridgehead atoms. The van der Waals surface area contributed by atoms with Crippen LogP contribution in [0.5, 0.6) is 0 Å². The highest BCUT2D eigenvalue weighted by molar-refractivity contribution is 5.78. The summed E-state index contributed by atoms with van der Waals surface area (Å²) < 4.78 is 0. The van der Waals surface area contributed by atoms with Crippen molar-refractivity contribution in [2.24, 2.45) is 16.6 Å². The predicted molar refractivity (Wildman–Crippen MR) is 73.1 cm³/mol. The van der Waals surface area contributed by atoms with Gasteiger partial charge in [-0.1, -0.05) is 26.2 Å². The van der Waals surface area contributed by atoms with E-state index in [9.17, 15) is 0 Å². The molecule has 98 valence electrons. The molecule has 0 spiro atoms. The van der Waals surface area contributed by atoms with Crippen LogP contribution in [-0.2, 0) is 0 Å². The second-order valence-corrected chi connectivity index (χ2v) is 5.72. The minimum atomic E-state index is 0.478. The van der Waals surface area contributed by atoms with Gasteiger partial charge in [0.1, 0.15) is 0 Å². The Balaban J connectivity index is 1.74. The molecule has 17 heavy (non-hydrogen) atoms. The van der Waals surface area contributed by atoms with Crippen molar-refractivity contribution in [2.45, 2.75) is 76.8 Å². The first-order valence-corrected chi connectivity index (χ1v) is 7.37. The zero-order valence-corrected chi connectivity index (χ0v) is 11.1. The van der Waals surface area contributed by atoms with Gasteiger partial charge in [-0.2, -0.15) is 0 Å². The van der Waals surface area contributed by atoms with Gasteiger partial charge in [-0.15, -0.1) is 0 Å². The maximum atomic E-state index is 5.99. The number of nitrogens with two attached hydrogens (primary N) is 1. The lowest BCUT2D eigenvalue weighted by atomic mass is 9.85. The molecule has 0 amide bonds. The summed E-state index contributed by atoms with van der Waals surface area (Å²) in [5.74, 6) is 1.63. The van der Waals surface area contributed by atoms with E-state index in [4.69, 9.17) is 5.73 Å². The average Bonchev–Trinajstić information content (AvgIpc) is 2.82. The first-order valence-electron chi connectivity index (χ1n) is 7.37. The van der Waals surface area contributed by atoms with Gasteiger partial charge in [0.05, 0.1) is 6.04 Å². The highest BCUT2D eigenvalue weighted by atomic mass is 15.1. The molecule has 3 heteroatoms. The number of hydrogen-bond acceptors (Lipinski definition) is 1. The quantitative estimate of drug-likeness (QED) is 0.586. The molecule has 2 aliphatic rings. The Labute approximate surface area is 105 Å². The average molecular weight is 237 g/mol. The molecule has 0 aromatic heterocycles. The minimum absolute atomic E-state index is 0.478. The van der Waals surface area contributed by atoms with Crippen molar-refractivity contribution in [3.8, 4) is 0 Å². The van der Waals surface area contributed by atoms with Crippen molar-refractivity contribution in [1.29, 1.82) is 0 Å². The fraction of sp³-hybridized carbons (Fsp3) is 0.929. The summed E-state index contributed by atoms with van der Waals surface area (Å²) in [4.78, 5) is 4.65. The molecule has 3 N–H and O–H groups in total. The largest absolute Gasteiger partial charge is 0.370 e. The van der Waals surface area contributed by atoms with Crippen LogP contribution in [0.1, 0.15) is 64.7 Å². The Bertz CT molecular complexity index is 248. The van der Waals surface area contributed by atoms with Crippen LogP contribution in [0, 0.1) is 5.92 Å². The SMILES string of the molecule is CCC1CCC(N=C(N)NC2CCCC2)CC1. The molecule has 0 saturated heterocycles. The van der Waals surface area contributed by atoms with Crippen molar-refractivity contribution in [3.63, 3.8) is 0 Å². The molecule has 0 radical (unpaired) electrons. The first kappa shape index (κ1) is 12.7. The molecule has 0 aliphatic heterocycles. The Morgan fingerprint density at radius 1 is 1.12 bits per heavy atom. The van der Waals surface area contributed by atoms with Crippen LogP contribution >= 0.6 is 0 Å². The number of nitrogens with one attached hydrogen (secondary N) is 1. The maximum absolute atomic E-state index is 5.99. The van der Waals surface area contributed by atoms with Crippen LogP contribution in [-0.4, -0.2) is 18.0 Å². The lowest BCUT2D eigenvalue weighted by Crippen LogP contribution is -2.39. The van der Waals surface area contributed by atoms with E-state index in [0.29, 0.717) is 18.0 Å². The molecule has 0 aromatic carbocycles. The summed E-state index contributed by atoms with van der Waals surface area (Å²) >= 11 is 0. The zero-order valence-electron chi connectivity index (χ0n) is 11.1. The van der Waals surface area contributed by atoms with E-state index in [1.165, 1.54) is 57.8 Å². The lowest BCUT2D eigenvalue weighted by molar-refractivity contribution is 0.319. The maximum Gasteiger partial charge on any atom is 0.189 e. The van der Waals surface area contributed by atoms with E-state index in [0.717, 1.165) is 5.92 Å². The van der Waals surface area contributed by atoms with Gasteiger partial charge in [-0.25, -0.2) is 0 Å². The van der Waals surface area contributed by atoms with E-state index in [1.54, 1.807) is 0 Å². The van der Waals surface area contributed by atoms with Crippen molar-refractivity contribution in [1.82, 2.24) is 5.32 Å². The molecule has 2 fully saturated rings. The number of guanidine groups is 1. The fourth-order valence-corrected chi connectivity index (χ4v) is 3.20.